The van der Waals surface area contributed by atoms with E-state index in [-0.39, 0.29) is 16.8 Å². The van der Waals surface area contributed by atoms with Crippen molar-refractivity contribution in [3.05, 3.63) is 82.8 Å². The number of halogens is 1. The van der Waals surface area contributed by atoms with Crippen LogP contribution in [0.2, 0.25) is 5.15 Å². The third kappa shape index (κ3) is 6.39. The van der Waals surface area contributed by atoms with Crippen molar-refractivity contribution in [1.29, 1.82) is 0 Å². The maximum absolute atomic E-state index is 12.1. The van der Waals surface area contributed by atoms with Crippen molar-refractivity contribution in [3.8, 4) is 5.75 Å². The fourth-order valence-corrected chi connectivity index (χ4v) is 3.10. The monoisotopic (exact) mass is 450 g/mol. The first kappa shape index (κ1) is 23.0. The minimum atomic E-state index is -0.498. The van der Waals surface area contributed by atoms with Gasteiger partial charge in [-0.1, -0.05) is 54.1 Å². The van der Waals surface area contributed by atoms with Gasteiger partial charge in [0.2, 0.25) is 11.7 Å². The lowest BCUT2D eigenvalue weighted by Crippen LogP contribution is -2.16. The van der Waals surface area contributed by atoms with Gasteiger partial charge >= 0.3 is 5.97 Å². The van der Waals surface area contributed by atoms with Crippen LogP contribution in [0.3, 0.4) is 0 Å². The third-order valence-electron chi connectivity index (χ3n) is 4.33. The summed E-state index contributed by atoms with van der Waals surface area (Å²) in [6, 6.07) is 17.0. The molecule has 1 aromatic heterocycles. The number of amides is 1. The Morgan fingerprint density at radius 2 is 1.75 bits per heavy atom. The van der Waals surface area contributed by atoms with E-state index >= 15 is 0 Å². The maximum atomic E-state index is 12.1. The van der Waals surface area contributed by atoms with Gasteiger partial charge in [0.15, 0.2) is 11.0 Å². The molecule has 1 amide bonds. The topological polar surface area (TPSA) is 84.4 Å². The van der Waals surface area contributed by atoms with Crippen molar-refractivity contribution in [1.82, 2.24) is 9.97 Å². The van der Waals surface area contributed by atoms with Gasteiger partial charge in [-0.3, -0.25) is 9.59 Å². The zero-order chi connectivity index (χ0) is 23.1. The summed E-state index contributed by atoms with van der Waals surface area (Å²) in [7, 11) is 3.55. The van der Waals surface area contributed by atoms with E-state index in [2.05, 4.69) is 15.3 Å². The van der Waals surface area contributed by atoms with Crippen molar-refractivity contribution >= 4 is 41.1 Å². The number of carbonyl (C=O) groups excluding carboxylic acids is 2. The number of rotatable bonds is 7. The highest BCUT2D eigenvalue weighted by Gasteiger charge is 2.18. The molecule has 0 radical (unpaired) electrons. The van der Waals surface area contributed by atoms with Gasteiger partial charge in [0.25, 0.3) is 0 Å². The number of nitrogens with zero attached hydrogens (tertiary/aromatic N) is 3. The molecule has 0 saturated carbocycles. The SMILES string of the molecule is CC(=O)Oc1c(Cl)nc(Cc2ccc(NC(=O)/C=C/c3ccccc3)cc2)nc1N(C)C. The van der Waals surface area contributed by atoms with E-state index < -0.39 is 5.97 Å². The molecule has 0 aliphatic carbocycles. The molecule has 32 heavy (non-hydrogen) atoms. The van der Waals surface area contributed by atoms with E-state index in [0.717, 1.165) is 11.1 Å². The molecule has 8 heteroatoms. The van der Waals surface area contributed by atoms with Gasteiger partial charge in [-0.15, -0.1) is 0 Å². The number of benzene rings is 2. The fraction of sp³-hybridized carbons (Fsp3) is 0.167. The Hall–Kier alpha value is -3.71. The Morgan fingerprint density at radius 3 is 2.38 bits per heavy atom. The van der Waals surface area contributed by atoms with E-state index in [1.54, 1.807) is 25.1 Å². The molecular weight excluding hydrogens is 428 g/mol. The van der Waals surface area contributed by atoms with Crippen molar-refractivity contribution in [3.63, 3.8) is 0 Å². The quantitative estimate of drug-likeness (QED) is 0.327. The number of hydrogen-bond donors (Lipinski definition) is 1. The summed E-state index contributed by atoms with van der Waals surface area (Å²) in [5.41, 5.74) is 2.56. The molecule has 164 valence electrons. The number of hydrogen-bond acceptors (Lipinski definition) is 6. The molecular formula is C24H23ClN4O3. The number of ether oxygens (including phenoxy) is 1. The molecule has 0 spiro atoms. The summed E-state index contributed by atoms with van der Waals surface area (Å²) in [4.78, 5) is 33.9. The maximum Gasteiger partial charge on any atom is 0.308 e. The number of anilines is 2. The van der Waals surface area contributed by atoms with Gasteiger partial charge in [-0.05, 0) is 29.3 Å². The Balaban J connectivity index is 1.68. The van der Waals surface area contributed by atoms with E-state index in [9.17, 15) is 9.59 Å². The summed E-state index contributed by atoms with van der Waals surface area (Å²) >= 11 is 6.24. The minimum absolute atomic E-state index is 0.0722. The van der Waals surface area contributed by atoms with E-state index in [4.69, 9.17) is 16.3 Å². The molecule has 0 fully saturated rings. The summed E-state index contributed by atoms with van der Waals surface area (Å²) in [5, 5.41) is 2.90. The average Bonchev–Trinajstić information content (AvgIpc) is 2.75. The molecule has 1 N–H and O–H groups in total. The largest absolute Gasteiger partial charge is 0.419 e. The standard InChI is InChI=1S/C24H23ClN4O3/c1-16(30)32-22-23(25)27-20(28-24(22)29(2)3)15-18-9-12-19(13-10-18)26-21(31)14-11-17-7-5-4-6-8-17/h4-14H,15H2,1-3H3,(H,26,31)/b14-11+. The van der Waals surface area contributed by atoms with Gasteiger partial charge < -0.3 is 15.0 Å². The van der Waals surface area contributed by atoms with Crippen LogP contribution in [0, 0.1) is 0 Å². The third-order valence-corrected chi connectivity index (χ3v) is 4.59. The highest BCUT2D eigenvalue weighted by molar-refractivity contribution is 6.31. The van der Waals surface area contributed by atoms with Crippen molar-refractivity contribution in [2.75, 3.05) is 24.3 Å². The molecule has 0 aliphatic rings. The van der Waals surface area contributed by atoms with Gasteiger partial charge in [0.05, 0.1) is 0 Å². The van der Waals surface area contributed by atoms with Crippen LogP contribution in [-0.2, 0) is 16.0 Å². The highest BCUT2D eigenvalue weighted by Crippen LogP contribution is 2.32. The second-order valence-electron chi connectivity index (χ2n) is 7.18. The minimum Gasteiger partial charge on any atom is -0.419 e. The molecule has 0 saturated heterocycles. The second-order valence-corrected chi connectivity index (χ2v) is 7.54. The van der Waals surface area contributed by atoms with Gasteiger partial charge in [0, 0.05) is 39.2 Å². The second kappa shape index (κ2) is 10.5. The summed E-state index contributed by atoms with van der Waals surface area (Å²) in [6.07, 6.45) is 3.67. The van der Waals surface area contributed by atoms with Gasteiger partial charge in [0.1, 0.15) is 5.82 Å². The molecule has 0 unspecified atom stereocenters. The van der Waals surface area contributed by atoms with Crippen molar-refractivity contribution in [2.45, 2.75) is 13.3 Å². The van der Waals surface area contributed by atoms with Gasteiger partial charge in [-0.2, -0.15) is 0 Å². The predicted octanol–water partition coefficient (Wildman–Crippen LogP) is 4.36. The smallest absolute Gasteiger partial charge is 0.308 e. The molecule has 1 heterocycles. The molecule has 2 aromatic carbocycles. The van der Waals surface area contributed by atoms with Crippen molar-refractivity contribution in [2.24, 2.45) is 0 Å². The van der Waals surface area contributed by atoms with Crippen LogP contribution in [0.25, 0.3) is 6.08 Å². The first-order valence-electron chi connectivity index (χ1n) is 9.87. The average molecular weight is 451 g/mol. The lowest BCUT2D eigenvalue weighted by Gasteiger charge is -2.17. The Bertz CT molecular complexity index is 1130. The van der Waals surface area contributed by atoms with Crippen LogP contribution in [0.1, 0.15) is 23.9 Å². The first-order valence-corrected chi connectivity index (χ1v) is 10.2. The fourth-order valence-electron chi connectivity index (χ4n) is 2.88. The van der Waals surface area contributed by atoms with E-state index in [0.29, 0.717) is 23.8 Å². The lowest BCUT2D eigenvalue weighted by atomic mass is 10.1. The molecule has 0 aliphatic heterocycles. The number of esters is 1. The van der Waals surface area contributed by atoms with Crippen LogP contribution in [0.4, 0.5) is 11.5 Å². The summed E-state index contributed by atoms with van der Waals surface area (Å²) in [6.45, 7) is 1.29. The Labute approximate surface area is 191 Å². The Kier molecular flexibility index (Phi) is 7.57. The molecule has 0 bridgehead atoms. The van der Waals surface area contributed by atoms with Crippen LogP contribution < -0.4 is 15.0 Å². The zero-order valence-electron chi connectivity index (χ0n) is 18.0. The Morgan fingerprint density at radius 1 is 1.06 bits per heavy atom. The summed E-state index contributed by atoms with van der Waals surface area (Å²) in [5.74, 6) is 0.326. The van der Waals surface area contributed by atoms with Crippen LogP contribution in [0.5, 0.6) is 5.75 Å². The highest BCUT2D eigenvalue weighted by atomic mass is 35.5. The van der Waals surface area contributed by atoms with E-state index in [1.165, 1.54) is 13.0 Å². The first-order chi connectivity index (χ1) is 15.3. The number of aromatic nitrogens is 2. The zero-order valence-corrected chi connectivity index (χ0v) is 18.8. The number of nitrogens with one attached hydrogen (secondary N) is 1. The lowest BCUT2D eigenvalue weighted by molar-refractivity contribution is -0.131. The normalized spacial score (nSPS) is 10.8. The van der Waals surface area contributed by atoms with Crippen LogP contribution >= 0.6 is 11.6 Å². The molecule has 3 rings (SSSR count). The van der Waals surface area contributed by atoms with E-state index in [1.807, 2.05) is 54.6 Å². The predicted molar refractivity (Wildman–Crippen MR) is 126 cm³/mol. The van der Waals surface area contributed by atoms with Gasteiger partial charge in [-0.25, -0.2) is 9.97 Å². The molecule has 7 nitrogen and oxygen atoms in total. The van der Waals surface area contributed by atoms with Crippen LogP contribution in [-0.4, -0.2) is 35.9 Å². The van der Waals surface area contributed by atoms with Crippen molar-refractivity contribution < 1.29 is 14.3 Å². The summed E-state index contributed by atoms with van der Waals surface area (Å²) < 4.78 is 5.16. The molecule has 3 aromatic rings. The molecule has 0 atom stereocenters. The van der Waals surface area contributed by atoms with Crippen LogP contribution in [0.15, 0.2) is 60.7 Å². The number of carbonyl (C=O) groups is 2.